The molecule has 1 fully saturated rings. The standard InChI is InChI=1S/C23H27N3O3S/c1-17(13-14-18-8-3-2-4-9-18)24-23(27)19-10-7-15-26(16-19)22-20-11-5-6-12-21(20)30(28,29)25-22/h2-6,8-9,11-12,17,19H,7,10,13-16H2,1H3,(H,24,27). The van der Waals surface area contributed by atoms with Crippen LogP contribution in [0.4, 0.5) is 0 Å². The van der Waals surface area contributed by atoms with E-state index in [-0.39, 0.29) is 22.8 Å². The van der Waals surface area contributed by atoms with Crippen molar-refractivity contribution in [3.8, 4) is 0 Å². The Kier molecular flexibility index (Phi) is 5.90. The number of aryl methyl sites for hydroxylation is 1. The maximum atomic E-state index is 12.9. The van der Waals surface area contributed by atoms with Crippen molar-refractivity contribution < 1.29 is 13.2 Å². The largest absolute Gasteiger partial charge is 0.355 e. The van der Waals surface area contributed by atoms with Crippen molar-refractivity contribution >= 4 is 21.8 Å². The maximum absolute atomic E-state index is 12.9. The monoisotopic (exact) mass is 425 g/mol. The second kappa shape index (κ2) is 8.60. The topological polar surface area (TPSA) is 78.8 Å². The van der Waals surface area contributed by atoms with Gasteiger partial charge in [-0.15, -0.1) is 4.40 Å². The van der Waals surface area contributed by atoms with Gasteiger partial charge in [-0.25, -0.2) is 0 Å². The fourth-order valence-corrected chi connectivity index (χ4v) is 5.39. The first-order valence-electron chi connectivity index (χ1n) is 10.5. The summed E-state index contributed by atoms with van der Waals surface area (Å²) in [6.45, 7) is 3.22. The second-order valence-corrected chi connectivity index (χ2v) is 9.68. The number of hydrogen-bond donors (Lipinski definition) is 1. The van der Waals surface area contributed by atoms with E-state index < -0.39 is 10.0 Å². The molecule has 2 aromatic rings. The lowest BCUT2D eigenvalue weighted by atomic mass is 9.95. The van der Waals surface area contributed by atoms with Crippen molar-refractivity contribution in [1.29, 1.82) is 0 Å². The fraction of sp³-hybridized carbons (Fsp3) is 0.391. The molecule has 158 valence electrons. The molecule has 0 bridgehead atoms. The van der Waals surface area contributed by atoms with Crippen molar-refractivity contribution in [2.45, 2.75) is 43.5 Å². The van der Waals surface area contributed by atoms with Gasteiger partial charge in [0.1, 0.15) is 4.90 Å². The summed E-state index contributed by atoms with van der Waals surface area (Å²) in [6.07, 6.45) is 3.43. The molecule has 0 aliphatic carbocycles. The number of amides is 1. The lowest BCUT2D eigenvalue weighted by molar-refractivity contribution is -0.126. The van der Waals surface area contributed by atoms with E-state index >= 15 is 0 Å². The lowest BCUT2D eigenvalue weighted by Gasteiger charge is -2.34. The van der Waals surface area contributed by atoms with Gasteiger partial charge in [0, 0.05) is 24.7 Å². The van der Waals surface area contributed by atoms with E-state index in [0.717, 1.165) is 25.7 Å². The minimum absolute atomic E-state index is 0.0370. The number of amidine groups is 1. The third-order valence-electron chi connectivity index (χ3n) is 5.80. The normalized spacial score (nSPS) is 20.9. The number of fused-ring (bicyclic) bond motifs is 1. The number of carbonyl (C=O) groups is 1. The SMILES string of the molecule is CC(CCc1ccccc1)NC(=O)C1CCCN(C2=NS(=O)(=O)c3ccccc32)C1. The molecule has 2 aliphatic rings. The molecule has 2 heterocycles. The van der Waals surface area contributed by atoms with E-state index in [9.17, 15) is 13.2 Å². The molecule has 0 radical (unpaired) electrons. The van der Waals surface area contributed by atoms with Crippen LogP contribution in [0.3, 0.4) is 0 Å². The van der Waals surface area contributed by atoms with Crippen molar-refractivity contribution in [2.24, 2.45) is 10.3 Å². The molecule has 6 nitrogen and oxygen atoms in total. The zero-order chi connectivity index (χ0) is 21.1. The maximum Gasteiger partial charge on any atom is 0.285 e. The highest BCUT2D eigenvalue weighted by atomic mass is 32.2. The smallest absolute Gasteiger partial charge is 0.285 e. The average molecular weight is 426 g/mol. The summed E-state index contributed by atoms with van der Waals surface area (Å²) in [7, 11) is -3.65. The van der Waals surface area contributed by atoms with Crippen LogP contribution in [0.15, 0.2) is 63.9 Å². The zero-order valence-corrected chi connectivity index (χ0v) is 17.9. The highest BCUT2D eigenvalue weighted by Gasteiger charge is 2.35. The van der Waals surface area contributed by atoms with Gasteiger partial charge < -0.3 is 10.2 Å². The van der Waals surface area contributed by atoms with Crippen LogP contribution < -0.4 is 5.32 Å². The summed E-state index contributed by atoms with van der Waals surface area (Å²) in [5, 5.41) is 3.14. The van der Waals surface area contributed by atoms with E-state index in [1.165, 1.54) is 5.56 Å². The number of likely N-dealkylation sites (tertiary alicyclic amines) is 1. The number of sulfonamides is 1. The average Bonchev–Trinajstić information content (AvgIpc) is 3.04. The Balaban J connectivity index is 1.38. The van der Waals surface area contributed by atoms with Gasteiger partial charge in [-0.2, -0.15) is 8.42 Å². The Labute approximate surface area is 178 Å². The molecule has 2 aliphatic heterocycles. The van der Waals surface area contributed by atoms with Crippen LogP contribution in [0.2, 0.25) is 0 Å². The number of nitrogens with one attached hydrogen (secondary N) is 1. The van der Waals surface area contributed by atoms with E-state index in [1.54, 1.807) is 18.2 Å². The van der Waals surface area contributed by atoms with Gasteiger partial charge in [0.15, 0.2) is 5.84 Å². The number of piperidine rings is 1. The second-order valence-electron chi connectivity index (χ2n) is 8.11. The Morgan fingerprint density at radius 3 is 2.70 bits per heavy atom. The van der Waals surface area contributed by atoms with Crippen LogP contribution in [0, 0.1) is 5.92 Å². The van der Waals surface area contributed by atoms with Crippen molar-refractivity contribution in [3.05, 3.63) is 65.7 Å². The number of hydrogen-bond acceptors (Lipinski definition) is 4. The Hall–Kier alpha value is -2.67. The third-order valence-corrected chi connectivity index (χ3v) is 7.13. The van der Waals surface area contributed by atoms with E-state index in [4.69, 9.17) is 0 Å². The Bertz CT molecular complexity index is 1050. The summed E-state index contributed by atoms with van der Waals surface area (Å²) in [4.78, 5) is 15.1. The summed E-state index contributed by atoms with van der Waals surface area (Å²) < 4.78 is 28.7. The summed E-state index contributed by atoms with van der Waals surface area (Å²) in [5.41, 5.74) is 1.90. The fourth-order valence-electron chi connectivity index (χ4n) is 4.16. The molecule has 0 spiro atoms. The predicted molar refractivity (Wildman–Crippen MR) is 117 cm³/mol. The quantitative estimate of drug-likeness (QED) is 0.799. The van der Waals surface area contributed by atoms with Crippen LogP contribution in [0.1, 0.15) is 37.3 Å². The van der Waals surface area contributed by atoms with E-state index in [1.807, 2.05) is 36.1 Å². The molecule has 4 rings (SSSR count). The molecular weight excluding hydrogens is 398 g/mol. The molecule has 1 N–H and O–H groups in total. The number of rotatable bonds is 5. The molecule has 2 unspecified atom stereocenters. The highest BCUT2D eigenvalue weighted by Crippen LogP contribution is 2.29. The van der Waals surface area contributed by atoms with Crippen molar-refractivity contribution in [2.75, 3.05) is 13.1 Å². The molecule has 2 aromatic carbocycles. The van der Waals surface area contributed by atoms with Gasteiger partial charge in [0.05, 0.1) is 5.92 Å². The number of carbonyl (C=O) groups excluding carboxylic acids is 1. The molecular formula is C23H27N3O3S. The highest BCUT2D eigenvalue weighted by molar-refractivity contribution is 7.90. The molecule has 0 aromatic heterocycles. The van der Waals surface area contributed by atoms with Crippen LogP contribution in [-0.2, 0) is 21.2 Å². The van der Waals surface area contributed by atoms with Gasteiger partial charge in [-0.05, 0) is 50.3 Å². The number of benzene rings is 2. The van der Waals surface area contributed by atoms with Gasteiger partial charge in [-0.1, -0.05) is 42.5 Å². The third kappa shape index (κ3) is 4.41. The van der Waals surface area contributed by atoms with Crippen molar-refractivity contribution in [1.82, 2.24) is 10.2 Å². The van der Waals surface area contributed by atoms with Gasteiger partial charge in [0.25, 0.3) is 10.0 Å². The molecule has 1 saturated heterocycles. The summed E-state index contributed by atoms with van der Waals surface area (Å²) >= 11 is 0. The minimum atomic E-state index is -3.65. The Morgan fingerprint density at radius 1 is 1.17 bits per heavy atom. The van der Waals surface area contributed by atoms with Crippen LogP contribution in [0.25, 0.3) is 0 Å². The van der Waals surface area contributed by atoms with E-state index in [2.05, 4.69) is 21.8 Å². The van der Waals surface area contributed by atoms with E-state index in [0.29, 0.717) is 24.5 Å². The minimum Gasteiger partial charge on any atom is -0.355 e. The van der Waals surface area contributed by atoms with Crippen molar-refractivity contribution in [3.63, 3.8) is 0 Å². The Morgan fingerprint density at radius 2 is 1.90 bits per heavy atom. The summed E-state index contributed by atoms with van der Waals surface area (Å²) in [5.74, 6) is 0.339. The van der Waals surface area contributed by atoms with Gasteiger partial charge in [0.2, 0.25) is 5.91 Å². The lowest BCUT2D eigenvalue weighted by Crippen LogP contribution is -2.47. The van der Waals surface area contributed by atoms with Gasteiger partial charge >= 0.3 is 0 Å². The van der Waals surface area contributed by atoms with Crippen LogP contribution in [-0.4, -0.2) is 44.2 Å². The molecule has 2 atom stereocenters. The molecule has 30 heavy (non-hydrogen) atoms. The van der Waals surface area contributed by atoms with Crippen LogP contribution >= 0.6 is 0 Å². The first-order chi connectivity index (χ1) is 14.4. The number of nitrogens with zero attached hydrogens (tertiary/aromatic N) is 2. The first-order valence-corrected chi connectivity index (χ1v) is 11.9. The first kappa shape index (κ1) is 20.6. The van der Waals surface area contributed by atoms with Crippen LogP contribution in [0.5, 0.6) is 0 Å². The molecule has 7 heteroatoms. The molecule has 0 saturated carbocycles. The predicted octanol–water partition coefficient (Wildman–Crippen LogP) is 2.99. The van der Waals surface area contributed by atoms with Gasteiger partial charge in [-0.3, -0.25) is 4.79 Å². The molecule has 1 amide bonds. The summed E-state index contributed by atoms with van der Waals surface area (Å²) in [6, 6.07) is 17.2. The zero-order valence-electron chi connectivity index (χ0n) is 17.1.